The number of Topliss-reactive ketones (excluding diaryl/α,β-unsaturated/α-hetero) is 1. The van der Waals surface area contributed by atoms with Gasteiger partial charge >= 0.3 is 0 Å². The Hall–Kier alpha value is -0.370. The van der Waals surface area contributed by atoms with Gasteiger partial charge in [-0.25, -0.2) is 0 Å². The van der Waals surface area contributed by atoms with Crippen molar-refractivity contribution >= 4 is 5.78 Å². The van der Waals surface area contributed by atoms with Gasteiger partial charge in [-0.05, 0) is 45.1 Å². The number of carbonyl (C=O) groups excluding carboxylic acids is 1. The zero-order chi connectivity index (χ0) is 13.7. The number of ketones is 1. The third-order valence-corrected chi connectivity index (χ3v) is 4.71. The number of nitrogens with zero attached hydrogens (tertiary/aromatic N) is 1. The SMILES string of the molecule is CCCC(C)N(C)CC1CC(C(C)C)CCC1=O. The summed E-state index contributed by atoms with van der Waals surface area (Å²) in [7, 11) is 2.17. The summed E-state index contributed by atoms with van der Waals surface area (Å²) in [5.74, 6) is 2.26. The molecular formula is C16H31NO. The molecule has 2 heteroatoms. The molecule has 0 N–H and O–H groups in total. The van der Waals surface area contributed by atoms with Crippen LogP contribution in [0.15, 0.2) is 0 Å². The molecule has 0 heterocycles. The number of hydrogen-bond acceptors (Lipinski definition) is 2. The van der Waals surface area contributed by atoms with Gasteiger partial charge in [0.05, 0.1) is 0 Å². The van der Waals surface area contributed by atoms with Crippen LogP contribution in [-0.4, -0.2) is 30.3 Å². The van der Waals surface area contributed by atoms with Gasteiger partial charge in [0.15, 0.2) is 0 Å². The minimum Gasteiger partial charge on any atom is -0.303 e. The molecule has 2 nitrogen and oxygen atoms in total. The highest BCUT2D eigenvalue weighted by Gasteiger charge is 2.31. The van der Waals surface area contributed by atoms with Crippen LogP contribution in [0.3, 0.4) is 0 Å². The second kappa shape index (κ2) is 7.28. The lowest BCUT2D eigenvalue weighted by molar-refractivity contribution is -0.126. The highest BCUT2D eigenvalue weighted by atomic mass is 16.1. The number of carbonyl (C=O) groups is 1. The van der Waals surface area contributed by atoms with Gasteiger partial charge in [-0.3, -0.25) is 4.79 Å². The highest BCUT2D eigenvalue weighted by Crippen LogP contribution is 2.32. The molecule has 0 aromatic heterocycles. The highest BCUT2D eigenvalue weighted by molar-refractivity contribution is 5.82. The molecule has 1 fully saturated rings. The lowest BCUT2D eigenvalue weighted by Crippen LogP contribution is -2.39. The largest absolute Gasteiger partial charge is 0.303 e. The van der Waals surface area contributed by atoms with Crippen LogP contribution in [0.1, 0.15) is 59.8 Å². The van der Waals surface area contributed by atoms with Gasteiger partial charge in [-0.2, -0.15) is 0 Å². The molecular weight excluding hydrogens is 222 g/mol. The van der Waals surface area contributed by atoms with E-state index >= 15 is 0 Å². The first-order valence-electron chi connectivity index (χ1n) is 7.68. The third-order valence-electron chi connectivity index (χ3n) is 4.71. The van der Waals surface area contributed by atoms with Crippen molar-refractivity contribution in [2.24, 2.45) is 17.8 Å². The summed E-state index contributed by atoms with van der Waals surface area (Å²) < 4.78 is 0. The molecule has 3 unspecified atom stereocenters. The minimum atomic E-state index is 0.287. The predicted octanol–water partition coefficient (Wildman–Crippen LogP) is 3.75. The van der Waals surface area contributed by atoms with E-state index in [0.717, 1.165) is 37.6 Å². The molecule has 0 aliphatic heterocycles. The van der Waals surface area contributed by atoms with Crippen molar-refractivity contribution < 1.29 is 4.79 Å². The van der Waals surface area contributed by atoms with Gasteiger partial charge in [0.1, 0.15) is 5.78 Å². The summed E-state index contributed by atoms with van der Waals surface area (Å²) in [4.78, 5) is 14.4. The van der Waals surface area contributed by atoms with Crippen molar-refractivity contribution in [2.75, 3.05) is 13.6 Å². The van der Waals surface area contributed by atoms with E-state index in [1.54, 1.807) is 0 Å². The van der Waals surface area contributed by atoms with Crippen molar-refractivity contribution in [3.8, 4) is 0 Å². The molecule has 0 bridgehead atoms. The summed E-state index contributed by atoms with van der Waals surface area (Å²) in [6.07, 6.45) is 5.48. The van der Waals surface area contributed by atoms with E-state index in [2.05, 4.69) is 39.6 Å². The van der Waals surface area contributed by atoms with Gasteiger partial charge < -0.3 is 4.90 Å². The topological polar surface area (TPSA) is 20.3 Å². The normalized spacial score (nSPS) is 26.9. The Morgan fingerprint density at radius 3 is 2.56 bits per heavy atom. The Kier molecular flexibility index (Phi) is 6.34. The second-order valence-corrected chi connectivity index (χ2v) is 6.52. The standard InChI is InChI=1S/C16H31NO/c1-6-7-13(4)17(5)11-15-10-14(12(2)3)8-9-16(15)18/h12-15H,6-11H2,1-5H3. The van der Waals surface area contributed by atoms with Crippen molar-refractivity contribution in [1.29, 1.82) is 0 Å². The maximum Gasteiger partial charge on any atom is 0.137 e. The molecule has 18 heavy (non-hydrogen) atoms. The molecule has 0 aromatic rings. The molecule has 0 spiro atoms. The van der Waals surface area contributed by atoms with Crippen LogP contribution >= 0.6 is 0 Å². The molecule has 1 aliphatic rings. The Bertz CT molecular complexity index is 262. The van der Waals surface area contributed by atoms with Crippen molar-refractivity contribution in [3.05, 3.63) is 0 Å². The maximum atomic E-state index is 12.1. The summed E-state index contributed by atoms with van der Waals surface area (Å²) in [6.45, 7) is 10.0. The lowest BCUT2D eigenvalue weighted by Gasteiger charge is -2.34. The van der Waals surface area contributed by atoms with E-state index in [9.17, 15) is 4.79 Å². The first-order chi connectivity index (χ1) is 8.45. The summed E-state index contributed by atoms with van der Waals surface area (Å²) in [5.41, 5.74) is 0. The fourth-order valence-electron chi connectivity index (χ4n) is 3.09. The smallest absolute Gasteiger partial charge is 0.137 e. The summed E-state index contributed by atoms with van der Waals surface area (Å²) in [6, 6.07) is 0.599. The van der Waals surface area contributed by atoms with Crippen LogP contribution in [0.5, 0.6) is 0 Å². The second-order valence-electron chi connectivity index (χ2n) is 6.52. The van der Waals surface area contributed by atoms with E-state index in [1.807, 2.05) is 0 Å². The quantitative estimate of drug-likeness (QED) is 0.718. The van der Waals surface area contributed by atoms with Crippen LogP contribution in [0.4, 0.5) is 0 Å². The predicted molar refractivity (Wildman–Crippen MR) is 77.7 cm³/mol. The van der Waals surface area contributed by atoms with Crippen molar-refractivity contribution in [2.45, 2.75) is 65.8 Å². The van der Waals surface area contributed by atoms with Crippen LogP contribution in [-0.2, 0) is 4.79 Å². The van der Waals surface area contributed by atoms with E-state index in [1.165, 1.54) is 12.8 Å². The molecule has 0 saturated heterocycles. The van der Waals surface area contributed by atoms with Crippen LogP contribution in [0, 0.1) is 17.8 Å². The molecule has 1 saturated carbocycles. The van der Waals surface area contributed by atoms with Crippen molar-refractivity contribution in [3.63, 3.8) is 0 Å². The minimum absolute atomic E-state index is 0.287. The van der Waals surface area contributed by atoms with E-state index in [-0.39, 0.29) is 5.92 Å². The fraction of sp³-hybridized carbons (Fsp3) is 0.938. The summed E-state index contributed by atoms with van der Waals surface area (Å²) >= 11 is 0. The van der Waals surface area contributed by atoms with E-state index in [4.69, 9.17) is 0 Å². The Morgan fingerprint density at radius 2 is 2.00 bits per heavy atom. The molecule has 1 rings (SSSR count). The molecule has 0 radical (unpaired) electrons. The lowest BCUT2D eigenvalue weighted by atomic mass is 9.75. The molecule has 106 valence electrons. The van der Waals surface area contributed by atoms with Gasteiger partial charge in [0.2, 0.25) is 0 Å². The van der Waals surface area contributed by atoms with Gasteiger partial charge in [0, 0.05) is 24.9 Å². The maximum absolute atomic E-state index is 12.1. The first-order valence-corrected chi connectivity index (χ1v) is 7.68. The molecule has 3 atom stereocenters. The van der Waals surface area contributed by atoms with Crippen LogP contribution in [0.25, 0.3) is 0 Å². The van der Waals surface area contributed by atoms with Gasteiger partial charge in [0.25, 0.3) is 0 Å². The van der Waals surface area contributed by atoms with E-state index in [0.29, 0.717) is 11.8 Å². The summed E-state index contributed by atoms with van der Waals surface area (Å²) in [5, 5.41) is 0. The van der Waals surface area contributed by atoms with Crippen LogP contribution < -0.4 is 0 Å². The Morgan fingerprint density at radius 1 is 1.33 bits per heavy atom. The fourth-order valence-corrected chi connectivity index (χ4v) is 3.09. The van der Waals surface area contributed by atoms with Gasteiger partial charge in [-0.15, -0.1) is 0 Å². The zero-order valence-electron chi connectivity index (χ0n) is 12.9. The number of hydrogen-bond donors (Lipinski definition) is 0. The molecule has 1 aliphatic carbocycles. The third kappa shape index (κ3) is 4.38. The first kappa shape index (κ1) is 15.7. The molecule has 0 aromatic carbocycles. The monoisotopic (exact) mass is 253 g/mol. The Labute approximate surface area is 113 Å². The zero-order valence-corrected chi connectivity index (χ0v) is 12.9. The van der Waals surface area contributed by atoms with E-state index < -0.39 is 0 Å². The van der Waals surface area contributed by atoms with Crippen molar-refractivity contribution in [1.82, 2.24) is 4.90 Å². The van der Waals surface area contributed by atoms with Gasteiger partial charge in [-0.1, -0.05) is 27.2 Å². The van der Waals surface area contributed by atoms with Crippen LogP contribution in [0.2, 0.25) is 0 Å². The average Bonchev–Trinajstić information content (AvgIpc) is 2.31. The average molecular weight is 253 g/mol. The molecule has 0 amide bonds. The Balaban J connectivity index is 2.50. The number of rotatable bonds is 6.